The van der Waals surface area contributed by atoms with Gasteiger partial charge in [-0.2, -0.15) is 10.5 Å². The molecule has 2 aromatic carbocycles. The Hall–Kier alpha value is -4.69. The van der Waals surface area contributed by atoms with Crippen LogP contribution in [0.25, 0.3) is 6.08 Å². The highest BCUT2D eigenvalue weighted by atomic mass is 16.2. The number of anilines is 1. The Balaban J connectivity index is 1.31. The summed E-state index contributed by atoms with van der Waals surface area (Å²) in [6, 6.07) is 20.0. The Morgan fingerprint density at radius 2 is 1.86 bits per heavy atom. The van der Waals surface area contributed by atoms with Crippen LogP contribution in [-0.4, -0.2) is 32.2 Å². The molecule has 184 valence electrons. The van der Waals surface area contributed by atoms with Crippen molar-refractivity contribution in [1.82, 2.24) is 14.8 Å². The summed E-state index contributed by atoms with van der Waals surface area (Å²) >= 11 is 0. The molecule has 4 aromatic rings. The quantitative estimate of drug-likeness (QED) is 0.220. The van der Waals surface area contributed by atoms with E-state index in [0.717, 1.165) is 34.8 Å². The summed E-state index contributed by atoms with van der Waals surface area (Å²) in [6.07, 6.45) is 6.46. The average molecular weight is 492 g/mol. The Bertz CT molecular complexity index is 1540. The van der Waals surface area contributed by atoms with Gasteiger partial charge in [-0.3, -0.25) is 19.3 Å². The van der Waals surface area contributed by atoms with Crippen LogP contribution >= 0.6 is 0 Å². The van der Waals surface area contributed by atoms with Gasteiger partial charge in [0.05, 0.1) is 17.0 Å². The standard InChI is InChI=1S/C29H26N6O2/c1-3-15-35-27(16-19(2)34-35)29(37)31-23-9-6-7-20(17-23)28(36)21-10-12-24-25(32-33-26(24)18-21)13-11-22-8-4-5-14-30-22/h4-14,16-18H,3,15H2,1-2H3,(H,31,37)(H,32,33)/p+1. The van der Waals surface area contributed by atoms with Crippen molar-refractivity contribution in [3.63, 3.8) is 0 Å². The Morgan fingerprint density at radius 1 is 1.00 bits per heavy atom. The highest BCUT2D eigenvalue weighted by Gasteiger charge is 2.22. The third-order valence-electron chi connectivity index (χ3n) is 5.98. The van der Waals surface area contributed by atoms with E-state index in [4.69, 9.17) is 0 Å². The molecule has 0 unspecified atom stereocenters. The van der Waals surface area contributed by atoms with Crippen LogP contribution in [0.15, 0.2) is 84.1 Å². The van der Waals surface area contributed by atoms with Crippen LogP contribution in [0, 0.1) is 6.92 Å². The summed E-state index contributed by atoms with van der Waals surface area (Å²) in [4.78, 5) is 30.5. The van der Waals surface area contributed by atoms with Crippen LogP contribution < -0.4 is 10.7 Å². The van der Waals surface area contributed by atoms with Crippen molar-refractivity contribution in [2.75, 3.05) is 5.32 Å². The molecule has 0 spiro atoms. The normalized spacial score (nSPS) is 12.4. The Morgan fingerprint density at radius 3 is 2.68 bits per heavy atom. The first kappa shape index (κ1) is 24.0. The Labute approximate surface area is 214 Å². The number of quaternary nitrogens is 1. The molecular weight excluding hydrogens is 464 g/mol. The van der Waals surface area contributed by atoms with Crippen molar-refractivity contribution < 1.29 is 15.0 Å². The third-order valence-corrected chi connectivity index (χ3v) is 5.98. The first-order valence-corrected chi connectivity index (χ1v) is 12.2. The molecule has 0 aliphatic carbocycles. The van der Waals surface area contributed by atoms with Crippen molar-refractivity contribution in [3.8, 4) is 0 Å². The first-order valence-electron chi connectivity index (χ1n) is 12.2. The summed E-state index contributed by atoms with van der Waals surface area (Å²) in [5, 5.41) is 11.8. The monoisotopic (exact) mass is 491 g/mol. The largest absolute Gasteiger partial charge is 0.321 e. The molecule has 8 nitrogen and oxygen atoms in total. The number of carbonyl (C=O) groups is 2. The van der Waals surface area contributed by atoms with Crippen molar-refractivity contribution in [3.05, 3.63) is 113 Å². The molecule has 1 aliphatic rings. The maximum Gasteiger partial charge on any atom is 0.273 e. The molecule has 0 radical (unpaired) electrons. The lowest BCUT2D eigenvalue weighted by molar-refractivity contribution is -0.573. The number of ketones is 1. The molecule has 37 heavy (non-hydrogen) atoms. The van der Waals surface area contributed by atoms with Crippen LogP contribution in [0.3, 0.4) is 0 Å². The van der Waals surface area contributed by atoms with E-state index < -0.39 is 0 Å². The van der Waals surface area contributed by atoms with Gasteiger partial charge in [0, 0.05) is 35.6 Å². The molecule has 0 saturated carbocycles. The molecule has 8 heteroatoms. The topological polar surface area (TPSA) is 106 Å². The van der Waals surface area contributed by atoms with Gasteiger partial charge < -0.3 is 5.32 Å². The van der Waals surface area contributed by atoms with E-state index in [0.29, 0.717) is 29.1 Å². The highest BCUT2D eigenvalue weighted by molar-refractivity contribution is 6.15. The highest BCUT2D eigenvalue weighted by Crippen LogP contribution is 2.22. The van der Waals surface area contributed by atoms with Gasteiger partial charge in [-0.05, 0) is 68.0 Å². The fourth-order valence-corrected chi connectivity index (χ4v) is 4.23. The van der Waals surface area contributed by atoms with Crippen LogP contribution in [0.1, 0.15) is 56.7 Å². The minimum Gasteiger partial charge on any atom is -0.321 e. The molecule has 5 rings (SSSR count). The summed E-state index contributed by atoms with van der Waals surface area (Å²) in [6.45, 7) is 4.56. The number of benzene rings is 2. The van der Waals surface area contributed by atoms with Crippen LogP contribution in [0.4, 0.5) is 11.4 Å². The van der Waals surface area contributed by atoms with E-state index in [1.165, 1.54) is 0 Å². The number of hydrogen-bond donors (Lipinski definition) is 2. The molecule has 0 fully saturated rings. The molecule has 3 N–H and O–H groups in total. The first-order chi connectivity index (χ1) is 18.0. The second-order valence-electron chi connectivity index (χ2n) is 8.79. The molecule has 0 atom stereocenters. The number of hydrogen-bond acceptors (Lipinski definition) is 5. The van der Waals surface area contributed by atoms with Crippen molar-refractivity contribution in [2.24, 2.45) is 5.10 Å². The number of nitrogens with two attached hydrogens (primary N) is 1. The predicted octanol–water partition coefficient (Wildman–Crippen LogP) is 4.11. The number of rotatable bonds is 8. The summed E-state index contributed by atoms with van der Waals surface area (Å²) in [5.41, 5.74) is 8.17. The molecular formula is C29H27N6O2+. The van der Waals surface area contributed by atoms with Crippen molar-refractivity contribution in [2.45, 2.75) is 26.8 Å². The molecule has 0 saturated heterocycles. The van der Waals surface area contributed by atoms with Gasteiger partial charge in [-0.1, -0.05) is 30.2 Å². The number of nitrogens with zero attached hydrogens (tertiary/aromatic N) is 4. The van der Waals surface area contributed by atoms with E-state index in [1.54, 1.807) is 46.6 Å². The van der Waals surface area contributed by atoms with E-state index in [2.05, 4.69) is 20.5 Å². The van der Waals surface area contributed by atoms with Crippen LogP contribution in [0.5, 0.6) is 0 Å². The summed E-state index contributed by atoms with van der Waals surface area (Å²) < 4.78 is 1.71. The number of aryl methyl sites for hydroxylation is 2. The minimum atomic E-state index is -0.255. The molecule has 1 amide bonds. The van der Waals surface area contributed by atoms with Gasteiger partial charge in [0.15, 0.2) is 11.5 Å². The lowest BCUT2D eigenvalue weighted by Crippen LogP contribution is -2.69. The second kappa shape index (κ2) is 10.5. The fourth-order valence-electron chi connectivity index (χ4n) is 4.23. The Kier molecular flexibility index (Phi) is 6.83. The zero-order valence-electron chi connectivity index (χ0n) is 20.7. The predicted molar refractivity (Wildman–Crippen MR) is 143 cm³/mol. The smallest absolute Gasteiger partial charge is 0.273 e. The zero-order valence-corrected chi connectivity index (χ0v) is 20.7. The number of aromatic nitrogens is 3. The molecule has 2 aromatic heterocycles. The van der Waals surface area contributed by atoms with E-state index in [1.807, 2.05) is 62.4 Å². The van der Waals surface area contributed by atoms with Crippen LogP contribution in [0.2, 0.25) is 0 Å². The number of amides is 1. The lowest BCUT2D eigenvalue weighted by atomic mass is 9.99. The molecule has 1 aliphatic heterocycles. The second-order valence-corrected chi connectivity index (χ2v) is 8.79. The van der Waals surface area contributed by atoms with Gasteiger partial charge >= 0.3 is 0 Å². The molecule has 3 heterocycles. The average Bonchev–Trinajstić information content (AvgIpc) is 3.50. The van der Waals surface area contributed by atoms with Crippen molar-refractivity contribution in [1.29, 1.82) is 0 Å². The van der Waals surface area contributed by atoms with E-state index >= 15 is 0 Å². The van der Waals surface area contributed by atoms with Crippen molar-refractivity contribution >= 4 is 34.9 Å². The number of carbonyl (C=O) groups excluding carboxylic acids is 2. The lowest BCUT2D eigenvalue weighted by Gasteiger charge is -2.09. The van der Waals surface area contributed by atoms with Gasteiger partial charge in [-0.15, -0.1) is 0 Å². The van der Waals surface area contributed by atoms with Gasteiger partial charge in [0.1, 0.15) is 11.4 Å². The SMILES string of the molecule is CCCn1nc(C)cc1C(=O)Nc1cccc(C(=O)c2ccc3c(c2)[NH2+]N=C3C=Cc2ccccn2)c1. The maximum atomic E-state index is 13.3. The zero-order chi connectivity index (χ0) is 25.8. The number of pyridine rings is 1. The number of allylic oxidation sites excluding steroid dienone is 1. The van der Waals surface area contributed by atoms with Gasteiger partial charge in [-0.25, -0.2) is 0 Å². The fraction of sp³-hybridized carbons (Fsp3) is 0.138. The van der Waals surface area contributed by atoms with Gasteiger partial charge in [0.25, 0.3) is 5.91 Å². The summed E-state index contributed by atoms with van der Waals surface area (Å²) in [7, 11) is 0. The molecule has 0 bridgehead atoms. The van der Waals surface area contributed by atoms with E-state index in [-0.39, 0.29) is 11.7 Å². The summed E-state index contributed by atoms with van der Waals surface area (Å²) in [5.74, 6) is -0.383. The number of fused-ring (bicyclic) bond motifs is 1. The van der Waals surface area contributed by atoms with E-state index in [9.17, 15) is 9.59 Å². The maximum absolute atomic E-state index is 13.3. The van der Waals surface area contributed by atoms with Crippen LogP contribution in [-0.2, 0) is 6.54 Å². The number of nitrogens with one attached hydrogen (secondary N) is 1. The third kappa shape index (κ3) is 5.29. The van der Waals surface area contributed by atoms with Gasteiger partial charge in [0.2, 0.25) is 0 Å². The minimum absolute atomic E-state index is 0.128.